The van der Waals surface area contributed by atoms with Gasteiger partial charge in [-0.1, -0.05) is 82.5 Å². The molecule has 3 aromatic rings. The van der Waals surface area contributed by atoms with Gasteiger partial charge in [0.05, 0.1) is 22.2 Å². The van der Waals surface area contributed by atoms with E-state index >= 15 is 0 Å². The monoisotopic (exact) mass is 583 g/mol. The predicted molar refractivity (Wildman–Crippen MR) is 151 cm³/mol. The molecule has 35 heavy (non-hydrogen) atoms. The van der Waals surface area contributed by atoms with E-state index in [0.717, 1.165) is 11.1 Å². The summed E-state index contributed by atoms with van der Waals surface area (Å²) in [6.45, 7) is 2.57. The molecule has 4 nitrogen and oxygen atoms in total. The molecule has 10 heteroatoms. The largest absolute Gasteiger partial charge is 0.490 e. The third-order valence-corrected chi connectivity index (χ3v) is 7.33. The summed E-state index contributed by atoms with van der Waals surface area (Å²) in [5, 5.41) is 1.90. The van der Waals surface area contributed by atoms with Gasteiger partial charge in [-0.25, -0.2) is 0 Å². The van der Waals surface area contributed by atoms with Gasteiger partial charge in [0.15, 0.2) is 15.8 Å². The van der Waals surface area contributed by atoms with E-state index in [4.69, 9.17) is 68.1 Å². The normalized spacial score (nSPS) is 14.7. The van der Waals surface area contributed by atoms with Crippen LogP contribution in [-0.4, -0.2) is 16.8 Å². The van der Waals surface area contributed by atoms with Crippen LogP contribution in [-0.2, 0) is 11.4 Å². The molecular formula is C25H17Cl4NO3S2. The number of nitrogens with zero attached hydrogens (tertiary/aromatic N) is 1. The Kier molecular flexibility index (Phi) is 8.53. The number of halogens is 4. The van der Waals surface area contributed by atoms with E-state index in [9.17, 15) is 4.79 Å². The molecule has 0 spiro atoms. The topological polar surface area (TPSA) is 38.8 Å². The van der Waals surface area contributed by atoms with E-state index in [2.05, 4.69) is 0 Å². The van der Waals surface area contributed by atoms with Crippen molar-refractivity contribution in [2.75, 3.05) is 11.5 Å². The summed E-state index contributed by atoms with van der Waals surface area (Å²) in [7, 11) is 0. The highest BCUT2D eigenvalue weighted by Crippen LogP contribution is 2.40. The lowest BCUT2D eigenvalue weighted by Gasteiger charge is -2.16. The van der Waals surface area contributed by atoms with Gasteiger partial charge in [-0.2, -0.15) is 0 Å². The van der Waals surface area contributed by atoms with Crippen molar-refractivity contribution in [1.29, 1.82) is 0 Å². The van der Waals surface area contributed by atoms with Gasteiger partial charge in [-0.05, 0) is 61.0 Å². The number of anilines is 1. The molecule has 0 saturated carbocycles. The molecule has 0 N–H and O–H groups in total. The minimum absolute atomic E-state index is 0.246. The number of ether oxygens (including phenoxy) is 2. The van der Waals surface area contributed by atoms with Crippen LogP contribution in [0.1, 0.15) is 18.1 Å². The maximum Gasteiger partial charge on any atom is 0.270 e. The summed E-state index contributed by atoms with van der Waals surface area (Å²) >= 11 is 31.1. The second kappa shape index (κ2) is 11.4. The van der Waals surface area contributed by atoms with E-state index in [1.54, 1.807) is 42.5 Å². The quantitative estimate of drug-likeness (QED) is 0.205. The maximum absolute atomic E-state index is 13.1. The first-order valence-electron chi connectivity index (χ1n) is 10.3. The van der Waals surface area contributed by atoms with Crippen molar-refractivity contribution in [3.8, 4) is 11.5 Å². The second-order valence-electron chi connectivity index (χ2n) is 7.28. The average Bonchev–Trinajstić information content (AvgIpc) is 3.07. The molecule has 0 bridgehead atoms. The molecule has 0 radical (unpaired) electrons. The Bertz CT molecular complexity index is 1350. The molecule has 180 valence electrons. The Morgan fingerprint density at radius 2 is 1.63 bits per heavy atom. The molecule has 0 aromatic heterocycles. The number of thioether (sulfide) groups is 1. The molecule has 3 aromatic carbocycles. The van der Waals surface area contributed by atoms with Crippen molar-refractivity contribution in [3.05, 3.63) is 90.7 Å². The van der Waals surface area contributed by atoms with Crippen molar-refractivity contribution in [2.24, 2.45) is 0 Å². The highest BCUT2D eigenvalue weighted by atomic mass is 35.5. The number of amides is 1. The lowest BCUT2D eigenvalue weighted by atomic mass is 10.1. The van der Waals surface area contributed by atoms with E-state index < -0.39 is 0 Å². The van der Waals surface area contributed by atoms with Crippen molar-refractivity contribution in [2.45, 2.75) is 13.5 Å². The lowest BCUT2D eigenvalue weighted by molar-refractivity contribution is -0.113. The molecule has 4 rings (SSSR count). The minimum atomic E-state index is -0.264. The zero-order valence-corrected chi connectivity index (χ0v) is 22.8. The molecule has 1 amide bonds. The molecule has 0 unspecified atom stereocenters. The van der Waals surface area contributed by atoms with Gasteiger partial charge in [0.2, 0.25) is 0 Å². The van der Waals surface area contributed by atoms with Crippen molar-refractivity contribution in [3.63, 3.8) is 0 Å². The standard InChI is InChI=1S/C25H17Cl4NO3S2/c1-2-32-22-9-14(3-8-21(22)33-13-15-4-5-16(26)11-18(15)28)10-23-24(31)30(25(34)35-23)20-7-6-17(27)12-19(20)29/h3-12H,2,13H2,1H3/b23-10-. The molecule has 1 fully saturated rings. The van der Waals surface area contributed by atoms with Gasteiger partial charge < -0.3 is 9.47 Å². The van der Waals surface area contributed by atoms with Crippen LogP contribution in [0, 0.1) is 0 Å². The molecule has 0 atom stereocenters. The summed E-state index contributed by atoms with van der Waals surface area (Å²) in [5.74, 6) is 0.831. The predicted octanol–water partition coefficient (Wildman–Crippen LogP) is 8.68. The molecule has 1 saturated heterocycles. The van der Waals surface area contributed by atoms with E-state index in [1.807, 2.05) is 25.1 Å². The van der Waals surface area contributed by atoms with Crippen molar-refractivity contribution >= 4 is 92.4 Å². The summed E-state index contributed by atoms with van der Waals surface area (Å²) in [5.41, 5.74) is 2.04. The Morgan fingerprint density at radius 1 is 0.914 bits per heavy atom. The van der Waals surface area contributed by atoms with Crippen LogP contribution in [0.3, 0.4) is 0 Å². The second-order valence-corrected chi connectivity index (χ2v) is 10.6. The minimum Gasteiger partial charge on any atom is -0.490 e. The van der Waals surface area contributed by atoms with E-state index in [-0.39, 0.29) is 12.5 Å². The van der Waals surface area contributed by atoms with Crippen LogP contribution in [0.2, 0.25) is 20.1 Å². The van der Waals surface area contributed by atoms with Crippen LogP contribution in [0.25, 0.3) is 6.08 Å². The number of benzene rings is 3. The van der Waals surface area contributed by atoms with Crippen LogP contribution in [0.15, 0.2) is 59.5 Å². The molecular weight excluding hydrogens is 568 g/mol. The van der Waals surface area contributed by atoms with E-state index in [1.165, 1.54) is 16.7 Å². The first-order valence-corrected chi connectivity index (χ1v) is 13.1. The van der Waals surface area contributed by atoms with Gasteiger partial charge in [0.1, 0.15) is 6.61 Å². The number of thiocarbonyl (C=S) groups is 1. The SMILES string of the molecule is CCOc1cc(/C=C2\SC(=S)N(c3ccc(Cl)cc3Cl)C2=O)ccc1OCc1ccc(Cl)cc1Cl. The van der Waals surface area contributed by atoms with Crippen LogP contribution >= 0.6 is 70.4 Å². The van der Waals surface area contributed by atoms with Crippen LogP contribution in [0.4, 0.5) is 5.69 Å². The Hall–Kier alpha value is -1.93. The van der Waals surface area contributed by atoms with Gasteiger partial charge in [0, 0.05) is 20.6 Å². The Balaban J connectivity index is 1.57. The highest BCUT2D eigenvalue weighted by molar-refractivity contribution is 8.27. The number of hydrogen-bond donors (Lipinski definition) is 0. The van der Waals surface area contributed by atoms with E-state index in [0.29, 0.717) is 53.1 Å². The summed E-state index contributed by atoms with van der Waals surface area (Å²) < 4.78 is 12.1. The van der Waals surface area contributed by atoms with Crippen LogP contribution in [0.5, 0.6) is 11.5 Å². The fourth-order valence-corrected chi connectivity index (χ4v) is 5.53. The third-order valence-electron chi connectivity index (χ3n) is 4.91. The van der Waals surface area contributed by atoms with Gasteiger partial charge in [0.25, 0.3) is 5.91 Å². The summed E-state index contributed by atoms with van der Waals surface area (Å²) in [6.07, 6.45) is 1.76. The zero-order valence-electron chi connectivity index (χ0n) is 18.2. The first-order chi connectivity index (χ1) is 16.8. The average molecular weight is 585 g/mol. The smallest absolute Gasteiger partial charge is 0.270 e. The molecule has 1 aliphatic heterocycles. The van der Waals surface area contributed by atoms with Gasteiger partial charge >= 0.3 is 0 Å². The molecule has 1 aliphatic rings. The first kappa shape index (κ1) is 26.1. The fourth-order valence-electron chi connectivity index (χ4n) is 3.29. The Labute approximate surface area is 232 Å². The highest BCUT2D eigenvalue weighted by Gasteiger charge is 2.34. The van der Waals surface area contributed by atoms with Crippen molar-refractivity contribution < 1.29 is 14.3 Å². The number of hydrogen-bond acceptors (Lipinski definition) is 5. The fraction of sp³-hybridized carbons (Fsp3) is 0.120. The summed E-state index contributed by atoms with van der Waals surface area (Å²) in [4.78, 5) is 15.0. The third kappa shape index (κ3) is 6.08. The van der Waals surface area contributed by atoms with Gasteiger partial charge in [-0.15, -0.1) is 0 Å². The Morgan fingerprint density at radius 3 is 2.31 bits per heavy atom. The number of rotatable bonds is 7. The maximum atomic E-state index is 13.1. The number of carbonyl (C=O) groups excluding carboxylic acids is 1. The molecule has 0 aliphatic carbocycles. The van der Waals surface area contributed by atoms with Crippen LogP contribution < -0.4 is 14.4 Å². The number of carbonyl (C=O) groups is 1. The lowest BCUT2D eigenvalue weighted by Crippen LogP contribution is -2.27. The van der Waals surface area contributed by atoms with Gasteiger partial charge in [-0.3, -0.25) is 9.69 Å². The summed E-state index contributed by atoms with van der Waals surface area (Å²) in [6, 6.07) is 15.6. The van der Waals surface area contributed by atoms with Crippen molar-refractivity contribution in [1.82, 2.24) is 0 Å². The molecule has 1 heterocycles. The zero-order chi connectivity index (χ0) is 25.1.